The maximum Gasteiger partial charge on any atom is 0.353 e. The number of nitrogens with one attached hydrogen (secondary N) is 1. The molecule has 3 aliphatic heterocycles. The molecule has 134 valence electrons. The summed E-state index contributed by atoms with van der Waals surface area (Å²) in [7, 11) is 0. The molecule has 3 rings (SSSR count). The molecule has 2 fully saturated rings. The van der Waals surface area contributed by atoms with Gasteiger partial charge in [0, 0.05) is 22.6 Å². The quantitative estimate of drug-likeness (QED) is 0.473. The van der Waals surface area contributed by atoms with Crippen molar-refractivity contribution in [2.45, 2.75) is 43.6 Å². The van der Waals surface area contributed by atoms with Gasteiger partial charge in [-0.3, -0.25) is 4.79 Å². The van der Waals surface area contributed by atoms with Gasteiger partial charge in [-0.15, -0.1) is 11.8 Å². The molecule has 0 radical (unpaired) electrons. The molecule has 0 unspecified atom stereocenters. The van der Waals surface area contributed by atoms with Crippen molar-refractivity contribution < 1.29 is 19.8 Å². The summed E-state index contributed by atoms with van der Waals surface area (Å²) >= 11 is 1.59. The SMILES string of the molecule is C[C@@H](O)[C@H]1C(=O)N2C(C(=O)O)=C(S[C@H]3CCNC3)[C@H](CCCN)[C@H]12. The number of aliphatic hydroxyl groups is 1. The Labute approximate surface area is 145 Å². The maximum absolute atomic E-state index is 12.4. The van der Waals surface area contributed by atoms with E-state index < -0.39 is 18.0 Å². The lowest BCUT2D eigenvalue weighted by Gasteiger charge is -2.47. The molecule has 5 atom stereocenters. The molecule has 0 aromatic rings. The fraction of sp³-hybridized carbons (Fsp3) is 0.750. The molecule has 0 spiro atoms. The van der Waals surface area contributed by atoms with E-state index in [4.69, 9.17) is 5.73 Å². The highest BCUT2D eigenvalue weighted by molar-refractivity contribution is 8.03. The number of nitrogens with two attached hydrogens (primary N) is 1. The van der Waals surface area contributed by atoms with E-state index in [0.717, 1.165) is 37.3 Å². The zero-order valence-corrected chi connectivity index (χ0v) is 14.6. The minimum atomic E-state index is -1.05. The summed E-state index contributed by atoms with van der Waals surface area (Å²) < 4.78 is 0. The minimum absolute atomic E-state index is 0.0393. The van der Waals surface area contributed by atoms with E-state index in [2.05, 4.69) is 5.32 Å². The monoisotopic (exact) mass is 355 g/mol. The molecule has 0 bridgehead atoms. The van der Waals surface area contributed by atoms with Crippen molar-refractivity contribution in [2.24, 2.45) is 17.6 Å². The number of β-lactam (4-membered cyclic amide) rings is 1. The number of fused-ring (bicyclic) bond motifs is 1. The van der Waals surface area contributed by atoms with Gasteiger partial charge >= 0.3 is 5.97 Å². The number of thioether (sulfide) groups is 1. The van der Waals surface area contributed by atoms with Crippen LogP contribution in [-0.2, 0) is 9.59 Å². The van der Waals surface area contributed by atoms with E-state index in [0.29, 0.717) is 11.8 Å². The molecule has 3 aliphatic rings. The largest absolute Gasteiger partial charge is 0.477 e. The summed E-state index contributed by atoms with van der Waals surface area (Å²) in [5.74, 6) is -1.88. The smallest absolute Gasteiger partial charge is 0.353 e. The van der Waals surface area contributed by atoms with E-state index in [1.807, 2.05) is 0 Å². The normalized spacial score (nSPS) is 33.6. The number of carboxylic acids is 1. The lowest BCUT2D eigenvalue weighted by Crippen LogP contribution is -2.63. The van der Waals surface area contributed by atoms with Crippen LogP contribution in [0.15, 0.2) is 10.6 Å². The Balaban J connectivity index is 1.93. The summed E-state index contributed by atoms with van der Waals surface area (Å²) in [5, 5.41) is 23.3. The number of carboxylic acid groups (broad SMARTS) is 1. The van der Waals surface area contributed by atoms with Gasteiger partial charge in [0.2, 0.25) is 5.91 Å². The molecule has 0 saturated carbocycles. The van der Waals surface area contributed by atoms with Crippen LogP contribution in [0.4, 0.5) is 0 Å². The lowest BCUT2D eigenvalue weighted by molar-refractivity contribution is -0.163. The van der Waals surface area contributed by atoms with Crippen molar-refractivity contribution >= 4 is 23.6 Å². The molecule has 24 heavy (non-hydrogen) atoms. The van der Waals surface area contributed by atoms with Gasteiger partial charge in [0.05, 0.1) is 18.1 Å². The number of aliphatic hydroxyl groups excluding tert-OH is 1. The second kappa shape index (κ2) is 7.03. The summed E-state index contributed by atoms with van der Waals surface area (Å²) in [4.78, 5) is 26.5. The number of amides is 1. The number of carbonyl (C=O) groups excluding carboxylic acids is 1. The van der Waals surface area contributed by atoms with E-state index in [1.54, 1.807) is 18.7 Å². The molecule has 0 aliphatic carbocycles. The Morgan fingerprint density at radius 1 is 1.54 bits per heavy atom. The van der Waals surface area contributed by atoms with Gasteiger partial charge in [-0.2, -0.15) is 0 Å². The first-order chi connectivity index (χ1) is 11.5. The zero-order chi connectivity index (χ0) is 17.4. The average Bonchev–Trinajstić information content (AvgIpc) is 3.10. The standard InChI is InChI=1S/C16H25N3O4S/c1-8(20)11-12-10(3-2-5-17)14(24-9-4-6-18-7-9)13(16(22)23)19(12)15(11)21/h8-12,18,20H,2-7,17H2,1H3,(H,22,23)/t8-,9+,10-,11-,12-/m1/s1. The third kappa shape index (κ3) is 2.85. The third-order valence-electron chi connectivity index (χ3n) is 5.16. The van der Waals surface area contributed by atoms with Crippen LogP contribution in [0.3, 0.4) is 0 Å². The molecule has 7 nitrogen and oxygen atoms in total. The van der Waals surface area contributed by atoms with Crippen LogP contribution in [0.25, 0.3) is 0 Å². The summed E-state index contributed by atoms with van der Waals surface area (Å²) in [5.41, 5.74) is 5.78. The molecule has 8 heteroatoms. The van der Waals surface area contributed by atoms with Crippen LogP contribution in [0, 0.1) is 11.8 Å². The first kappa shape index (κ1) is 17.7. The van der Waals surface area contributed by atoms with Gasteiger partial charge in [-0.25, -0.2) is 4.79 Å². The number of hydrogen-bond donors (Lipinski definition) is 4. The Morgan fingerprint density at radius 2 is 2.29 bits per heavy atom. The first-order valence-corrected chi connectivity index (χ1v) is 9.41. The van der Waals surface area contributed by atoms with Gasteiger partial charge in [0.1, 0.15) is 5.70 Å². The highest BCUT2D eigenvalue weighted by Crippen LogP contribution is 2.53. The van der Waals surface area contributed by atoms with Crippen molar-refractivity contribution in [1.29, 1.82) is 0 Å². The summed E-state index contributed by atoms with van der Waals surface area (Å²) in [6.07, 6.45) is 1.73. The second-order valence-corrected chi connectivity index (χ2v) is 8.10. The molecular weight excluding hydrogens is 330 g/mol. The molecule has 1 amide bonds. The van der Waals surface area contributed by atoms with E-state index in [1.165, 1.54) is 4.90 Å². The molecule has 2 saturated heterocycles. The van der Waals surface area contributed by atoms with Gasteiger partial charge in [-0.1, -0.05) is 0 Å². The second-order valence-electron chi connectivity index (χ2n) is 6.75. The number of rotatable bonds is 7. The maximum atomic E-state index is 12.4. The van der Waals surface area contributed by atoms with Gasteiger partial charge < -0.3 is 26.2 Å². The Morgan fingerprint density at radius 3 is 2.83 bits per heavy atom. The van der Waals surface area contributed by atoms with E-state index >= 15 is 0 Å². The predicted octanol–water partition coefficient (Wildman–Crippen LogP) is -0.0458. The Bertz CT molecular complexity index is 560. The van der Waals surface area contributed by atoms with Crippen LogP contribution in [0.1, 0.15) is 26.2 Å². The number of carbonyl (C=O) groups is 2. The van der Waals surface area contributed by atoms with E-state index in [-0.39, 0.29) is 23.6 Å². The Hall–Kier alpha value is -1.09. The fourth-order valence-electron chi connectivity index (χ4n) is 4.06. The first-order valence-electron chi connectivity index (χ1n) is 8.53. The van der Waals surface area contributed by atoms with Crippen LogP contribution in [0.5, 0.6) is 0 Å². The van der Waals surface area contributed by atoms with Crippen LogP contribution in [0.2, 0.25) is 0 Å². The molecule has 5 N–H and O–H groups in total. The Kier molecular flexibility index (Phi) is 5.19. The van der Waals surface area contributed by atoms with Crippen molar-refractivity contribution in [3.8, 4) is 0 Å². The summed E-state index contributed by atoms with van der Waals surface area (Å²) in [6.45, 7) is 3.92. The zero-order valence-electron chi connectivity index (χ0n) is 13.8. The summed E-state index contributed by atoms with van der Waals surface area (Å²) in [6, 6.07) is -0.244. The number of nitrogens with zero attached hydrogens (tertiary/aromatic N) is 1. The van der Waals surface area contributed by atoms with Crippen molar-refractivity contribution in [3.05, 3.63) is 10.6 Å². The van der Waals surface area contributed by atoms with Crippen molar-refractivity contribution in [3.63, 3.8) is 0 Å². The van der Waals surface area contributed by atoms with E-state index in [9.17, 15) is 19.8 Å². The highest BCUT2D eigenvalue weighted by atomic mass is 32.2. The van der Waals surface area contributed by atoms with Crippen molar-refractivity contribution in [2.75, 3.05) is 19.6 Å². The molecule has 3 heterocycles. The highest BCUT2D eigenvalue weighted by Gasteiger charge is 2.61. The average molecular weight is 355 g/mol. The number of hydrogen-bond acceptors (Lipinski definition) is 6. The topological polar surface area (TPSA) is 116 Å². The molecular formula is C16H25N3O4S. The lowest BCUT2D eigenvalue weighted by atomic mass is 9.77. The van der Waals surface area contributed by atoms with Crippen molar-refractivity contribution in [1.82, 2.24) is 10.2 Å². The van der Waals surface area contributed by atoms with Gasteiger partial charge in [0.15, 0.2) is 0 Å². The van der Waals surface area contributed by atoms with Gasteiger partial charge in [0.25, 0.3) is 0 Å². The van der Waals surface area contributed by atoms with Gasteiger partial charge in [-0.05, 0) is 39.3 Å². The van der Waals surface area contributed by atoms with Crippen LogP contribution in [-0.4, -0.2) is 64.0 Å². The van der Waals surface area contributed by atoms with Crippen LogP contribution < -0.4 is 11.1 Å². The number of aliphatic carboxylic acids is 1. The third-order valence-corrected chi connectivity index (χ3v) is 6.65. The van der Waals surface area contributed by atoms with Crippen LogP contribution >= 0.6 is 11.8 Å². The predicted molar refractivity (Wildman–Crippen MR) is 91.1 cm³/mol. The molecule has 0 aromatic heterocycles. The fourth-order valence-corrected chi connectivity index (χ4v) is 5.59. The minimum Gasteiger partial charge on any atom is -0.477 e. The molecule has 0 aromatic carbocycles.